The normalized spacial score (nSPS) is 17.9. The predicted molar refractivity (Wildman–Crippen MR) is 53.6 cm³/mol. The van der Waals surface area contributed by atoms with E-state index in [-0.39, 0.29) is 12.0 Å². The van der Waals surface area contributed by atoms with Crippen LogP contribution >= 0.6 is 0 Å². The first-order valence-corrected chi connectivity index (χ1v) is 5.03. The number of aromatic nitrogens is 1. The van der Waals surface area contributed by atoms with Gasteiger partial charge in [0.1, 0.15) is 0 Å². The largest absolute Gasteiger partial charge is 0.421 e. The van der Waals surface area contributed by atoms with E-state index in [1.807, 2.05) is 0 Å². The highest BCUT2D eigenvalue weighted by Gasteiger charge is 2.57. The van der Waals surface area contributed by atoms with E-state index >= 15 is 0 Å². The lowest BCUT2D eigenvalue weighted by Gasteiger charge is -2.35. The van der Waals surface area contributed by atoms with Gasteiger partial charge in [0.15, 0.2) is 5.60 Å². The second kappa shape index (κ2) is 4.41. The number of alkyl halides is 3. The third-order valence-electron chi connectivity index (χ3n) is 2.86. The van der Waals surface area contributed by atoms with Crippen molar-refractivity contribution >= 4 is 0 Å². The number of aliphatic hydroxyl groups is 1. The zero-order valence-electron chi connectivity index (χ0n) is 9.12. The number of hydrogen-bond acceptors (Lipinski definition) is 2. The molecule has 5 heteroatoms. The van der Waals surface area contributed by atoms with Gasteiger partial charge >= 0.3 is 6.18 Å². The van der Waals surface area contributed by atoms with Crippen molar-refractivity contribution in [3.05, 3.63) is 30.1 Å². The fraction of sp³-hybridized carbons (Fsp3) is 0.545. The van der Waals surface area contributed by atoms with Crippen molar-refractivity contribution in [2.24, 2.45) is 5.92 Å². The summed E-state index contributed by atoms with van der Waals surface area (Å²) < 4.78 is 38.8. The van der Waals surface area contributed by atoms with Crippen molar-refractivity contribution in [1.29, 1.82) is 0 Å². The minimum atomic E-state index is -4.70. The Morgan fingerprint density at radius 3 is 2.44 bits per heavy atom. The summed E-state index contributed by atoms with van der Waals surface area (Å²) in [6, 6.07) is 2.63. The Labute approximate surface area is 92.1 Å². The molecule has 1 N–H and O–H groups in total. The number of rotatable bonds is 3. The Balaban J connectivity index is 3.26. The maximum absolute atomic E-state index is 12.9. The number of halogens is 3. The molecule has 1 aromatic heterocycles. The summed E-state index contributed by atoms with van der Waals surface area (Å²) in [6.45, 7) is 2.98. The molecule has 0 aromatic carbocycles. The Morgan fingerprint density at radius 1 is 1.44 bits per heavy atom. The van der Waals surface area contributed by atoms with Crippen LogP contribution in [0.3, 0.4) is 0 Å². The third kappa shape index (κ3) is 2.04. The van der Waals surface area contributed by atoms with Gasteiger partial charge in [0.2, 0.25) is 0 Å². The van der Waals surface area contributed by atoms with Crippen molar-refractivity contribution in [1.82, 2.24) is 4.98 Å². The molecule has 2 atom stereocenters. The standard InChI is InChI=1S/C11H14F3NO/c1-3-8(2)10(16,11(12,13)14)9-5-4-6-15-7-9/h4-8,16H,3H2,1-2H3. The van der Waals surface area contributed by atoms with E-state index in [4.69, 9.17) is 0 Å². The Hall–Kier alpha value is -1.10. The zero-order valence-corrected chi connectivity index (χ0v) is 9.12. The topological polar surface area (TPSA) is 33.1 Å². The molecule has 0 aliphatic rings. The molecule has 90 valence electrons. The molecule has 1 aromatic rings. The van der Waals surface area contributed by atoms with Crippen molar-refractivity contribution in [3.63, 3.8) is 0 Å². The monoisotopic (exact) mass is 233 g/mol. The van der Waals surface area contributed by atoms with Gasteiger partial charge in [0.25, 0.3) is 0 Å². The van der Waals surface area contributed by atoms with E-state index in [2.05, 4.69) is 4.98 Å². The van der Waals surface area contributed by atoms with Crippen LogP contribution < -0.4 is 0 Å². The van der Waals surface area contributed by atoms with Crippen LogP contribution in [0.1, 0.15) is 25.8 Å². The van der Waals surface area contributed by atoms with Gasteiger partial charge in [0, 0.05) is 18.0 Å². The molecule has 2 nitrogen and oxygen atoms in total. The summed E-state index contributed by atoms with van der Waals surface area (Å²) in [5, 5.41) is 9.92. The number of hydrogen-bond donors (Lipinski definition) is 1. The molecule has 0 amide bonds. The molecule has 0 fully saturated rings. The van der Waals surface area contributed by atoms with Crippen LogP contribution in [0.15, 0.2) is 24.5 Å². The van der Waals surface area contributed by atoms with E-state index in [1.54, 1.807) is 6.92 Å². The maximum atomic E-state index is 12.9. The lowest BCUT2D eigenvalue weighted by molar-refractivity contribution is -0.285. The first-order valence-electron chi connectivity index (χ1n) is 5.03. The highest BCUT2D eigenvalue weighted by molar-refractivity contribution is 5.21. The Kier molecular flexibility index (Phi) is 3.57. The van der Waals surface area contributed by atoms with Gasteiger partial charge in [-0.15, -0.1) is 0 Å². The van der Waals surface area contributed by atoms with Gasteiger partial charge in [-0.2, -0.15) is 13.2 Å². The van der Waals surface area contributed by atoms with Crippen LogP contribution in [0.4, 0.5) is 13.2 Å². The second-order valence-corrected chi connectivity index (χ2v) is 3.82. The summed E-state index contributed by atoms with van der Waals surface area (Å²) >= 11 is 0. The van der Waals surface area contributed by atoms with Crippen LogP contribution in [-0.4, -0.2) is 16.3 Å². The fourth-order valence-corrected chi connectivity index (χ4v) is 1.61. The van der Waals surface area contributed by atoms with Gasteiger partial charge in [0.05, 0.1) is 0 Å². The highest BCUT2D eigenvalue weighted by atomic mass is 19.4. The smallest absolute Gasteiger partial charge is 0.376 e. The van der Waals surface area contributed by atoms with E-state index in [1.165, 1.54) is 25.3 Å². The first kappa shape index (κ1) is 13.0. The average Bonchev–Trinajstić information content (AvgIpc) is 2.26. The molecule has 1 rings (SSSR count). The molecule has 16 heavy (non-hydrogen) atoms. The van der Waals surface area contributed by atoms with Gasteiger partial charge in [-0.05, 0) is 12.0 Å². The molecule has 0 aliphatic carbocycles. The summed E-state index contributed by atoms with van der Waals surface area (Å²) in [5.74, 6) is -0.920. The van der Waals surface area contributed by atoms with Gasteiger partial charge < -0.3 is 5.11 Å². The van der Waals surface area contributed by atoms with Crippen molar-refractivity contribution in [3.8, 4) is 0 Å². The molecular formula is C11H14F3NO. The first-order chi connectivity index (χ1) is 7.34. The number of nitrogens with zero attached hydrogens (tertiary/aromatic N) is 1. The van der Waals surface area contributed by atoms with Crippen molar-refractivity contribution in [2.45, 2.75) is 32.0 Å². The molecule has 0 saturated carbocycles. The van der Waals surface area contributed by atoms with Gasteiger partial charge in [-0.25, -0.2) is 0 Å². The molecule has 0 aliphatic heterocycles. The van der Waals surface area contributed by atoms with Crippen LogP contribution in [0.25, 0.3) is 0 Å². The van der Waals surface area contributed by atoms with Gasteiger partial charge in [-0.3, -0.25) is 4.98 Å². The summed E-state index contributed by atoms with van der Waals surface area (Å²) in [5.41, 5.74) is -3.03. The molecule has 0 bridgehead atoms. The number of pyridine rings is 1. The van der Waals surface area contributed by atoms with E-state index in [0.717, 1.165) is 6.20 Å². The van der Waals surface area contributed by atoms with Crippen LogP contribution in [0.5, 0.6) is 0 Å². The highest BCUT2D eigenvalue weighted by Crippen LogP contribution is 2.45. The van der Waals surface area contributed by atoms with Crippen molar-refractivity contribution < 1.29 is 18.3 Å². The van der Waals surface area contributed by atoms with Crippen LogP contribution in [0.2, 0.25) is 0 Å². The maximum Gasteiger partial charge on any atom is 0.421 e. The van der Waals surface area contributed by atoms with E-state index in [9.17, 15) is 18.3 Å². The van der Waals surface area contributed by atoms with Gasteiger partial charge in [-0.1, -0.05) is 26.3 Å². The summed E-state index contributed by atoms with van der Waals surface area (Å²) in [6.07, 6.45) is -2.05. The van der Waals surface area contributed by atoms with Crippen LogP contribution in [0, 0.1) is 5.92 Å². The van der Waals surface area contributed by atoms with Crippen LogP contribution in [-0.2, 0) is 5.60 Å². The molecule has 0 spiro atoms. The summed E-state index contributed by atoms with van der Waals surface area (Å²) in [4.78, 5) is 3.62. The molecular weight excluding hydrogens is 219 g/mol. The minimum Gasteiger partial charge on any atom is -0.376 e. The molecule has 1 heterocycles. The quantitative estimate of drug-likeness (QED) is 0.870. The lowest BCUT2D eigenvalue weighted by atomic mass is 9.81. The fourth-order valence-electron chi connectivity index (χ4n) is 1.61. The zero-order chi connectivity index (χ0) is 12.4. The molecule has 0 radical (unpaired) electrons. The Bertz CT molecular complexity index is 339. The predicted octanol–water partition coefficient (Wildman–Crippen LogP) is 2.88. The van der Waals surface area contributed by atoms with Crippen molar-refractivity contribution in [2.75, 3.05) is 0 Å². The SMILES string of the molecule is CCC(C)C(O)(c1cccnc1)C(F)(F)F. The third-order valence-corrected chi connectivity index (χ3v) is 2.86. The lowest BCUT2D eigenvalue weighted by Crippen LogP contribution is -2.47. The molecule has 0 saturated heterocycles. The average molecular weight is 233 g/mol. The Morgan fingerprint density at radius 2 is 2.06 bits per heavy atom. The minimum absolute atomic E-state index is 0.211. The van der Waals surface area contributed by atoms with E-state index in [0.29, 0.717) is 0 Å². The molecule has 2 unspecified atom stereocenters. The second-order valence-electron chi connectivity index (χ2n) is 3.82. The van der Waals surface area contributed by atoms with E-state index < -0.39 is 17.7 Å². The summed E-state index contributed by atoms with van der Waals surface area (Å²) in [7, 11) is 0.